The summed E-state index contributed by atoms with van der Waals surface area (Å²) in [6, 6.07) is 8.14. The number of nitrogens with zero attached hydrogens (tertiary/aromatic N) is 1. The van der Waals surface area contributed by atoms with Crippen LogP contribution in [0.25, 0.3) is 0 Å². The van der Waals surface area contributed by atoms with E-state index in [9.17, 15) is 10.1 Å². The van der Waals surface area contributed by atoms with Gasteiger partial charge in [0.25, 0.3) is 0 Å². The van der Waals surface area contributed by atoms with Crippen molar-refractivity contribution in [1.29, 1.82) is 0 Å². The highest BCUT2D eigenvalue weighted by Crippen LogP contribution is 2.31. The molecule has 1 N–H and O–H groups in total. The molecule has 0 radical (unpaired) electrons. The summed E-state index contributed by atoms with van der Waals surface area (Å²) in [5, 5.41) is 14.1. The molecule has 0 aliphatic carbocycles. The number of aryl methyl sites for hydroxylation is 1. The minimum atomic E-state index is -0.481. The third kappa shape index (κ3) is 3.56. The van der Waals surface area contributed by atoms with Crippen molar-refractivity contribution in [2.45, 2.75) is 13.0 Å². The molecule has 7 nitrogen and oxygen atoms in total. The van der Waals surface area contributed by atoms with Crippen molar-refractivity contribution < 1.29 is 18.8 Å². The molecule has 0 bridgehead atoms. The summed E-state index contributed by atoms with van der Waals surface area (Å²) >= 11 is 0. The van der Waals surface area contributed by atoms with Crippen LogP contribution in [0, 0.1) is 17.0 Å². The zero-order valence-corrected chi connectivity index (χ0v) is 12.7. The van der Waals surface area contributed by atoms with Crippen LogP contribution in [-0.2, 0) is 4.74 Å². The zero-order valence-electron chi connectivity index (χ0n) is 12.7. The van der Waals surface area contributed by atoms with Gasteiger partial charge in [-0.15, -0.1) is 0 Å². The molecule has 0 saturated heterocycles. The predicted octanol–water partition coefficient (Wildman–Crippen LogP) is 3.30. The van der Waals surface area contributed by atoms with Gasteiger partial charge in [-0.25, -0.2) is 0 Å². The molecule has 1 aromatic heterocycles. The van der Waals surface area contributed by atoms with Crippen molar-refractivity contribution in [1.82, 2.24) is 0 Å². The molecule has 7 heteroatoms. The zero-order chi connectivity index (χ0) is 16.1. The molecule has 0 saturated carbocycles. The lowest BCUT2D eigenvalue weighted by Crippen LogP contribution is -2.15. The number of benzene rings is 1. The second-order valence-corrected chi connectivity index (χ2v) is 4.74. The first kappa shape index (κ1) is 15.8. The van der Waals surface area contributed by atoms with Gasteiger partial charge in [0.15, 0.2) is 5.75 Å². The minimum absolute atomic E-state index is 0.0785. The largest absolute Gasteiger partial charge is 0.490 e. The number of hydrogen-bond acceptors (Lipinski definition) is 6. The van der Waals surface area contributed by atoms with Gasteiger partial charge in [0.05, 0.1) is 18.6 Å². The molecule has 1 aromatic carbocycles. The van der Waals surface area contributed by atoms with E-state index in [1.54, 1.807) is 19.2 Å². The van der Waals surface area contributed by atoms with E-state index in [1.807, 2.05) is 19.1 Å². The maximum absolute atomic E-state index is 10.9. The lowest BCUT2D eigenvalue weighted by molar-refractivity contribution is -0.385. The van der Waals surface area contributed by atoms with Gasteiger partial charge in [0, 0.05) is 24.9 Å². The van der Waals surface area contributed by atoms with Crippen molar-refractivity contribution in [2.24, 2.45) is 0 Å². The fourth-order valence-corrected chi connectivity index (χ4v) is 2.12. The van der Waals surface area contributed by atoms with E-state index >= 15 is 0 Å². The Morgan fingerprint density at radius 3 is 2.64 bits per heavy atom. The summed E-state index contributed by atoms with van der Waals surface area (Å²) in [6.45, 7) is 2.26. The van der Waals surface area contributed by atoms with Gasteiger partial charge in [0.2, 0.25) is 0 Å². The van der Waals surface area contributed by atoms with Crippen molar-refractivity contribution in [2.75, 3.05) is 26.1 Å². The fourth-order valence-electron chi connectivity index (χ4n) is 2.12. The molecule has 2 rings (SSSR count). The highest BCUT2D eigenvalue weighted by atomic mass is 16.6. The minimum Gasteiger partial charge on any atom is -0.490 e. The summed E-state index contributed by atoms with van der Waals surface area (Å²) in [7, 11) is 3.00. The van der Waals surface area contributed by atoms with Gasteiger partial charge < -0.3 is 19.2 Å². The summed E-state index contributed by atoms with van der Waals surface area (Å²) in [4.78, 5) is 10.4. The number of anilines is 1. The third-order valence-corrected chi connectivity index (χ3v) is 3.16. The number of nitro benzene ring substituents is 1. The summed E-state index contributed by atoms with van der Waals surface area (Å²) in [5.74, 6) is 1.73. The summed E-state index contributed by atoms with van der Waals surface area (Å²) < 4.78 is 15.9. The molecule has 118 valence electrons. The molecule has 1 atom stereocenters. The Bertz CT molecular complexity index is 653. The quantitative estimate of drug-likeness (QED) is 0.624. The van der Waals surface area contributed by atoms with Gasteiger partial charge in [-0.05, 0) is 25.1 Å². The van der Waals surface area contributed by atoms with Crippen molar-refractivity contribution in [3.05, 3.63) is 52.0 Å². The molecule has 0 aliphatic heterocycles. The van der Waals surface area contributed by atoms with Gasteiger partial charge in [-0.2, -0.15) is 0 Å². The molecule has 0 aliphatic rings. The van der Waals surface area contributed by atoms with Gasteiger partial charge in [-0.1, -0.05) is 0 Å². The number of ether oxygens (including phenoxy) is 2. The van der Waals surface area contributed by atoms with Gasteiger partial charge in [0.1, 0.15) is 17.6 Å². The molecule has 22 heavy (non-hydrogen) atoms. The van der Waals surface area contributed by atoms with E-state index in [1.165, 1.54) is 13.2 Å². The van der Waals surface area contributed by atoms with Crippen LogP contribution in [0.2, 0.25) is 0 Å². The Labute approximate surface area is 128 Å². The molecule has 0 unspecified atom stereocenters. The first-order valence-electron chi connectivity index (χ1n) is 6.69. The van der Waals surface area contributed by atoms with Crippen LogP contribution in [0.4, 0.5) is 11.4 Å². The van der Waals surface area contributed by atoms with Crippen LogP contribution < -0.4 is 10.1 Å². The van der Waals surface area contributed by atoms with Crippen LogP contribution in [0.3, 0.4) is 0 Å². The van der Waals surface area contributed by atoms with E-state index < -0.39 is 4.92 Å². The van der Waals surface area contributed by atoms with Crippen molar-refractivity contribution in [3.8, 4) is 5.75 Å². The van der Waals surface area contributed by atoms with Gasteiger partial charge >= 0.3 is 5.69 Å². The number of methoxy groups -OCH3 is 2. The van der Waals surface area contributed by atoms with Crippen LogP contribution >= 0.6 is 0 Å². The Morgan fingerprint density at radius 2 is 2.09 bits per heavy atom. The average molecular weight is 306 g/mol. The van der Waals surface area contributed by atoms with Crippen LogP contribution in [0.5, 0.6) is 5.75 Å². The normalized spacial score (nSPS) is 12.0. The highest BCUT2D eigenvalue weighted by molar-refractivity contribution is 5.58. The molecular formula is C15H18N2O5. The molecular weight excluding hydrogens is 288 g/mol. The van der Waals surface area contributed by atoms with E-state index in [4.69, 9.17) is 13.9 Å². The summed E-state index contributed by atoms with van der Waals surface area (Å²) in [5.41, 5.74) is 0.601. The Morgan fingerprint density at radius 1 is 1.32 bits per heavy atom. The van der Waals surface area contributed by atoms with Gasteiger partial charge in [-0.3, -0.25) is 10.1 Å². The van der Waals surface area contributed by atoms with Crippen molar-refractivity contribution >= 4 is 11.4 Å². The molecule has 2 aromatic rings. The first-order valence-corrected chi connectivity index (χ1v) is 6.69. The SMILES string of the molecule is COC[C@@H](Nc1ccc([N+](=O)[O-])c(OC)c1)c1ccc(C)o1. The summed E-state index contributed by atoms with van der Waals surface area (Å²) in [6.07, 6.45) is 0. The monoisotopic (exact) mass is 306 g/mol. The fraction of sp³-hybridized carbons (Fsp3) is 0.333. The van der Waals surface area contributed by atoms with Crippen LogP contribution in [0.1, 0.15) is 17.6 Å². The third-order valence-electron chi connectivity index (χ3n) is 3.16. The predicted molar refractivity (Wildman–Crippen MR) is 81.3 cm³/mol. The van der Waals surface area contributed by atoms with E-state index in [0.29, 0.717) is 12.3 Å². The van der Waals surface area contributed by atoms with E-state index in [-0.39, 0.29) is 17.5 Å². The maximum Gasteiger partial charge on any atom is 0.311 e. The second-order valence-electron chi connectivity index (χ2n) is 4.74. The van der Waals surface area contributed by atoms with E-state index in [2.05, 4.69) is 5.32 Å². The number of hydrogen-bond donors (Lipinski definition) is 1. The number of nitrogens with one attached hydrogen (secondary N) is 1. The second kappa shape index (κ2) is 6.95. The average Bonchev–Trinajstić information content (AvgIpc) is 2.93. The molecule has 1 heterocycles. The lowest BCUT2D eigenvalue weighted by atomic mass is 10.2. The maximum atomic E-state index is 10.9. The molecule has 0 amide bonds. The number of furan rings is 1. The highest BCUT2D eigenvalue weighted by Gasteiger charge is 2.18. The topological polar surface area (TPSA) is 86.8 Å². The van der Waals surface area contributed by atoms with Crippen LogP contribution in [-0.4, -0.2) is 25.7 Å². The van der Waals surface area contributed by atoms with Crippen molar-refractivity contribution in [3.63, 3.8) is 0 Å². The Kier molecular flexibility index (Phi) is 5.00. The standard InChI is InChI=1S/C15H18N2O5/c1-10-4-7-14(22-10)12(9-20-2)16-11-5-6-13(17(18)19)15(8-11)21-3/h4-8,12,16H,9H2,1-3H3/t12-/m1/s1. The Balaban J connectivity index is 2.24. The van der Waals surface area contributed by atoms with E-state index in [0.717, 1.165) is 11.5 Å². The lowest BCUT2D eigenvalue weighted by Gasteiger charge is -2.17. The smallest absolute Gasteiger partial charge is 0.311 e. The first-order chi connectivity index (χ1) is 10.5. The number of rotatable bonds is 7. The number of nitro groups is 1. The van der Waals surface area contributed by atoms with Crippen LogP contribution in [0.15, 0.2) is 34.7 Å². The Hall–Kier alpha value is -2.54. The molecule has 0 fully saturated rings. The molecule has 0 spiro atoms.